The van der Waals surface area contributed by atoms with E-state index in [1.54, 1.807) is 68.6 Å². The number of benzene rings is 3. The van der Waals surface area contributed by atoms with E-state index in [0.29, 0.717) is 22.0 Å². The minimum Gasteiger partial charge on any atom is -0.497 e. The van der Waals surface area contributed by atoms with Gasteiger partial charge in [-0.3, -0.25) is 9.59 Å². The molecule has 7 heteroatoms. The van der Waals surface area contributed by atoms with Crippen LogP contribution >= 0.6 is 11.6 Å². The number of nitrogens with zero attached hydrogens (tertiary/aromatic N) is 1. The minimum absolute atomic E-state index is 0.205. The highest BCUT2D eigenvalue weighted by Gasteiger charge is 2.08. The molecule has 2 N–H and O–H groups in total. The molecule has 0 radical (unpaired) electrons. The average molecular weight is 436 g/mol. The van der Waals surface area contributed by atoms with Crippen molar-refractivity contribution in [2.24, 2.45) is 5.10 Å². The number of methoxy groups -OCH3 is 1. The van der Waals surface area contributed by atoms with Gasteiger partial charge in [-0.2, -0.15) is 5.10 Å². The van der Waals surface area contributed by atoms with Gasteiger partial charge in [0.2, 0.25) is 5.91 Å². The number of hydrogen-bond acceptors (Lipinski definition) is 4. The number of carbonyl (C=O) groups is 2. The van der Waals surface area contributed by atoms with Crippen molar-refractivity contribution >= 4 is 34.8 Å². The van der Waals surface area contributed by atoms with E-state index in [9.17, 15) is 9.59 Å². The monoisotopic (exact) mass is 435 g/mol. The number of nitrogens with one attached hydrogen (secondary N) is 2. The number of hydrazone groups is 1. The Hall–Kier alpha value is -3.64. The SMILES string of the molecule is COc1ccc(CC(=O)NN=C(C)c2cccc(NC(=O)c3cccc(Cl)c3)c2)cc1. The van der Waals surface area contributed by atoms with Crippen LogP contribution in [0.5, 0.6) is 5.75 Å². The van der Waals surface area contributed by atoms with Crippen LogP contribution in [-0.2, 0) is 11.2 Å². The summed E-state index contributed by atoms with van der Waals surface area (Å²) in [4.78, 5) is 24.6. The summed E-state index contributed by atoms with van der Waals surface area (Å²) in [7, 11) is 1.59. The first kappa shape index (κ1) is 22.1. The maximum Gasteiger partial charge on any atom is 0.255 e. The lowest BCUT2D eigenvalue weighted by atomic mass is 10.1. The van der Waals surface area contributed by atoms with E-state index in [1.807, 2.05) is 18.2 Å². The quantitative estimate of drug-likeness (QED) is 0.417. The molecule has 3 aromatic rings. The molecule has 0 atom stereocenters. The van der Waals surface area contributed by atoms with Crippen molar-refractivity contribution in [3.63, 3.8) is 0 Å². The van der Waals surface area contributed by atoms with E-state index in [4.69, 9.17) is 16.3 Å². The molecular formula is C24H22ClN3O3. The lowest BCUT2D eigenvalue weighted by Crippen LogP contribution is -2.21. The normalized spacial score (nSPS) is 11.0. The molecule has 0 heterocycles. The summed E-state index contributed by atoms with van der Waals surface area (Å²) in [5.41, 5.74) is 5.89. The number of amides is 2. The fraction of sp³-hybridized carbons (Fsp3) is 0.125. The van der Waals surface area contributed by atoms with E-state index < -0.39 is 0 Å². The van der Waals surface area contributed by atoms with Crippen LogP contribution in [0.15, 0.2) is 77.9 Å². The van der Waals surface area contributed by atoms with Gasteiger partial charge in [-0.1, -0.05) is 41.9 Å². The van der Waals surface area contributed by atoms with Crippen molar-refractivity contribution in [3.05, 3.63) is 94.5 Å². The average Bonchev–Trinajstić information content (AvgIpc) is 2.78. The fourth-order valence-electron chi connectivity index (χ4n) is 2.83. The van der Waals surface area contributed by atoms with E-state index in [-0.39, 0.29) is 18.2 Å². The van der Waals surface area contributed by atoms with Crippen molar-refractivity contribution in [1.29, 1.82) is 0 Å². The molecule has 158 valence electrons. The Balaban J connectivity index is 1.61. The number of anilines is 1. The molecule has 31 heavy (non-hydrogen) atoms. The van der Waals surface area contributed by atoms with Crippen LogP contribution in [0.4, 0.5) is 5.69 Å². The third kappa shape index (κ3) is 6.42. The van der Waals surface area contributed by atoms with Crippen LogP contribution in [0, 0.1) is 0 Å². The zero-order chi connectivity index (χ0) is 22.2. The highest BCUT2D eigenvalue weighted by molar-refractivity contribution is 6.31. The minimum atomic E-state index is -0.262. The first-order chi connectivity index (χ1) is 14.9. The van der Waals surface area contributed by atoms with E-state index in [1.165, 1.54) is 0 Å². The number of halogens is 1. The zero-order valence-corrected chi connectivity index (χ0v) is 17.9. The summed E-state index contributed by atoms with van der Waals surface area (Å²) in [6.45, 7) is 1.78. The molecule has 3 rings (SSSR count). The van der Waals surface area contributed by atoms with Crippen LogP contribution in [0.25, 0.3) is 0 Å². The first-order valence-electron chi connectivity index (χ1n) is 9.58. The van der Waals surface area contributed by atoms with Gasteiger partial charge in [0.05, 0.1) is 19.2 Å². The third-order valence-corrected chi connectivity index (χ3v) is 4.73. The van der Waals surface area contributed by atoms with Gasteiger partial charge in [-0.05, 0) is 60.5 Å². The number of ether oxygens (including phenoxy) is 1. The summed E-state index contributed by atoms with van der Waals surface area (Å²) < 4.78 is 5.11. The second kappa shape index (κ2) is 10.4. The molecule has 0 aliphatic rings. The summed E-state index contributed by atoms with van der Waals surface area (Å²) in [5.74, 6) is 0.248. The Morgan fingerprint density at radius 1 is 0.968 bits per heavy atom. The van der Waals surface area contributed by atoms with Crippen molar-refractivity contribution in [3.8, 4) is 5.75 Å². The van der Waals surface area contributed by atoms with Crippen molar-refractivity contribution in [1.82, 2.24) is 5.43 Å². The number of hydrogen-bond donors (Lipinski definition) is 2. The van der Waals surface area contributed by atoms with Crippen LogP contribution in [0.2, 0.25) is 5.02 Å². The highest BCUT2D eigenvalue weighted by Crippen LogP contribution is 2.16. The Kier molecular flexibility index (Phi) is 7.40. The molecule has 0 fully saturated rings. The Morgan fingerprint density at radius 2 is 1.68 bits per heavy atom. The lowest BCUT2D eigenvalue weighted by Gasteiger charge is -2.08. The largest absolute Gasteiger partial charge is 0.497 e. The van der Waals surface area contributed by atoms with Gasteiger partial charge in [0.15, 0.2) is 0 Å². The Morgan fingerprint density at radius 3 is 2.39 bits per heavy atom. The zero-order valence-electron chi connectivity index (χ0n) is 17.2. The van der Waals surface area contributed by atoms with E-state index >= 15 is 0 Å². The topological polar surface area (TPSA) is 79.8 Å². The maximum absolute atomic E-state index is 12.4. The second-order valence-corrected chi connectivity index (χ2v) is 7.24. The van der Waals surface area contributed by atoms with E-state index in [0.717, 1.165) is 16.9 Å². The van der Waals surface area contributed by atoms with Gasteiger partial charge in [-0.25, -0.2) is 5.43 Å². The van der Waals surface area contributed by atoms with E-state index in [2.05, 4.69) is 15.8 Å². The van der Waals surface area contributed by atoms with Crippen molar-refractivity contribution in [2.75, 3.05) is 12.4 Å². The number of rotatable bonds is 7. The van der Waals surface area contributed by atoms with Gasteiger partial charge in [0.1, 0.15) is 5.75 Å². The van der Waals surface area contributed by atoms with Gasteiger partial charge < -0.3 is 10.1 Å². The molecule has 0 aliphatic carbocycles. The molecule has 0 bridgehead atoms. The van der Waals surface area contributed by atoms with Crippen molar-refractivity contribution < 1.29 is 14.3 Å². The summed E-state index contributed by atoms with van der Waals surface area (Å²) in [6, 6.07) is 21.2. The van der Waals surface area contributed by atoms with Crippen LogP contribution < -0.4 is 15.5 Å². The maximum atomic E-state index is 12.4. The van der Waals surface area contributed by atoms with Crippen LogP contribution in [0.1, 0.15) is 28.4 Å². The predicted molar refractivity (Wildman–Crippen MR) is 123 cm³/mol. The van der Waals surface area contributed by atoms with Crippen LogP contribution in [0.3, 0.4) is 0 Å². The third-order valence-electron chi connectivity index (χ3n) is 4.50. The lowest BCUT2D eigenvalue weighted by molar-refractivity contribution is -0.120. The van der Waals surface area contributed by atoms with Gasteiger partial charge >= 0.3 is 0 Å². The summed E-state index contributed by atoms with van der Waals surface area (Å²) in [6.07, 6.45) is 0.205. The molecule has 0 spiro atoms. The first-order valence-corrected chi connectivity index (χ1v) is 9.96. The molecule has 2 amide bonds. The highest BCUT2D eigenvalue weighted by atomic mass is 35.5. The van der Waals surface area contributed by atoms with Gasteiger partial charge in [-0.15, -0.1) is 0 Å². The Labute approximate surface area is 185 Å². The number of carbonyl (C=O) groups excluding carboxylic acids is 2. The molecular weight excluding hydrogens is 414 g/mol. The second-order valence-electron chi connectivity index (χ2n) is 6.80. The summed E-state index contributed by atoms with van der Waals surface area (Å²) >= 11 is 5.95. The standard InChI is InChI=1S/C24H22ClN3O3/c1-16(27-28-23(29)13-17-9-11-22(31-2)12-10-17)18-5-4-8-21(15-18)26-24(30)19-6-3-7-20(25)14-19/h3-12,14-15H,13H2,1-2H3,(H,26,30)(H,28,29). The van der Waals surface area contributed by atoms with Gasteiger partial charge in [0, 0.05) is 16.3 Å². The van der Waals surface area contributed by atoms with Crippen LogP contribution in [-0.4, -0.2) is 24.6 Å². The predicted octanol–water partition coefficient (Wildman–Crippen LogP) is 4.68. The molecule has 0 saturated heterocycles. The molecule has 3 aromatic carbocycles. The molecule has 0 aromatic heterocycles. The molecule has 0 saturated carbocycles. The molecule has 6 nitrogen and oxygen atoms in total. The Bertz CT molecular complexity index is 1110. The summed E-state index contributed by atoms with van der Waals surface area (Å²) in [5, 5.41) is 7.51. The van der Waals surface area contributed by atoms with Gasteiger partial charge in [0.25, 0.3) is 5.91 Å². The smallest absolute Gasteiger partial charge is 0.255 e. The molecule has 0 unspecified atom stereocenters. The molecule has 0 aliphatic heterocycles. The fourth-order valence-corrected chi connectivity index (χ4v) is 3.02. The van der Waals surface area contributed by atoms with Crippen molar-refractivity contribution in [2.45, 2.75) is 13.3 Å².